The highest BCUT2D eigenvalue weighted by atomic mass is 16.5. The van der Waals surface area contributed by atoms with E-state index in [1.54, 1.807) is 41.2 Å². The summed E-state index contributed by atoms with van der Waals surface area (Å²) in [7, 11) is 0. The van der Waals surface area contributed by atoms with Crippen LogP contribution in [0.15, 0.2) is 54.7 Å². The van der Waals surface area contributed by atoms with E-state index in [0.717, 1.165) is 4.90 Å². The Morgan fingerprint density at radius 3 is 2.40 bits per heavy atom. The summed E-state index contributed by atoms with van der Waals surface area (Å²) in [5.41, 5.74) is 0.711. The van der Waals surface area contributed by atoms with Crippen LogP contribution in [0, 0.1) is 0 Å². The number of rotatable bonds is 8. The molecule has 0 saturated heterocycles. The van der Waals surface area contributed by atoms with Gasteiger partial charge >= 0.3 is 5.97 Å². The second kappa shape index (κ2) is 9.80. The van der Waals surface area contributed by atoms with Crippen LogP contribution in [0.4, 0.5) is 11.5 Å². The Morgan fingerprint density at radius 2 is 1.71 bits per heavy atom. The minimum Gasteiger partial charge on any atom is -0.494 e. The number of anilines is 2. The van der Waals surface area contributed by atoms with Crippen molar-refractivity contribution in [1.82, 2.24) is 9.78 Å². The molecule has 10 heteroatoms. The maximum absolute atomic E-state index is 13.0. The molecule has 0 bridgehead atoms. The molecule has 0 aliphatic carbocycles. The first-order valence-corrected chi connectivity index (χ1v) is 11.1. The van der Waals surface area contributed by atoms with Crippen LogP contribution in [-0.2, 0) is 9.53 Å². The third-order valence-electron chi connectivity index (χ3n) is 5.29. The van der Waals surface area contributed by atoms with E-state index in [2.05, 4.69) is 10.4 Å². The minimum absolute atomic E-state index is 0.0386. The molecule has 1 aliphatic heterocycles. The Kier molecular flexibility index (Phi) is 6.63. The number of hydrogen-bond acceptors (Lipinski definition) is 7. The zero-order chi connectivity index (χ0) is 25.1. The van der Waals surface area contributed by atoms with Crippen molar-refractivity contribution < 1.29 is 28.7 Å². The average Bonchev–Trinajstić information content (AvgIpc) is 3.40. The molecule has 1 N–H and O–H groups in total. The van der Waals surface area contributed by atoms with Crippen LogP contribution >= 0.6 is 0 Å². The highest BCUT2D eigenvalue weighted by Crippen LogP contribution is 2.30. The van der Waals surface area contributed by atoms with Gasteiger partial charge in [-0.05, 0) is 63.2 Å². The Morgan fingerprint density at radius 1 is 1.00 bits per heavy atom. The molecule has 10 nitrogen and oxygen atoms in total. The van der Waals surface area contributed by atoms with E-state index >= 15 is 0 Å². The number of ether oxygens (including phenoxy) is 2. The number of carbonyl (C=O) groups is 4. The van der Waals surface area contributed by atoms with Gasteiger partial charge in [0.15, 0.2) is 6.61 Å². The van der Waals surface area contributed by atoms with E-state index in [0.29, 0.717) is 23.9 Å². The normalized spacial score (nSPS) is 12.6. The monoisotopic (exact) mass is 476 g/mol. The van der Waals surface area contributed by atoms with Crippen molar-refractivity contribution >= 4 is 35.2 Å². The standard InChI is InChI=1S/C25H24N4O6/c1-4-34-18-8-6-17(7-9-18)28-23(31)19-10-5-16(13-20(19)24(28)32)25(33)35-14-22(30)27-21-11-12-26-29(21)15(2)3/h5-13,15H,4,14H2,1-3H3,(H,27,30). The van der Waals surface area contributed by atoms with Gasteiger partial charge in [-0.3, -0.25) is 14.4 Å². The highest BCUT2D eigenvalue weighted by molar-refractivity contribution is 6.34. The van der Waals surface area contributed by atoms with Gasteiger partial charge < -0.3 is 14.8 Å². The van der Waals surface area contributed by atoms with E-state index in [1.165, 1.54) is 18.2 Å². The van der Waals surface area contributed by atoms with Gasteiger partial charge in [0.2, 0.25) is 0 Å². The summed E-state index contributed by atoms with van der Waals surface area (Å²) in [6, 6.07) is 12.3. The lowest BCUT2D eigenvalue weighted by Crippen LogP contribution is -2.29. The first-order chi connectivity index (χ1) is 16.8. The van der Waals surface area contributed by atoms with Crippen molar-refractivity contribution in [3.8, 4) is 5.75 Å². The largest absolute Gasteiger partial charge is 0.494 e. The number of carbonyl (C=O) groups excluding carboxylic acids is 4. The van der Waals surface area contributed by atoms with Crippen molar-refractivity contribution in [2.24, 2.45) is 0 Å². The third kappa shape index (κ3) is 4.77. The molecule has 35 heavy (non-hydrogen) atoms. The molecule has 0 unspecified atom stereocenters. The zero-order valence-corrected chi connectivity index (χ0v) is 19.5. The van der Waals surface area contributed by atoms with E-state index in [1.807, 2.05) is 20.8 Å². The fourth-order valence-corrected chi connectivity index (χ4v) is 3.68. The molecule has 0 radical (unpaired) electrons. The molecule has 3 aromatic rings. The van der Waals surface area contributed by atoms with Crippen molar-refractivity contribution in [3.63, 3.8) is 0 Å². The van der Waals surface area contributed by atoms with Gasteiger partial charge in [0.1, 0.15) is 11.6 Å². The number of esters is 1. The van der Waals surface area contributed by atoms with E-state index in [4.69, 9.17) is 9.47 Å². The van der Waals surface area contributed by atoms with Crippen LogP contribution in [0.25, 0.3) is 0 Å². The lowest BCUT2D eigenvalue weighted by molar-refractivity contribution is -0.119. The van der Waals surface area contributed by atoms with Gasteiger partial charge in [0.05, 0.1) is 35.2 Å². The number of nitrogens with zero attached hydrogens (tertiary/aromatic N) is 3. The van der Waals surface area contributed by atoms with Gasteiger partial charge in [-0.25, -0.2) is 14.4 Å². The van der Waals surface area contributed by atoms with Gasteiger partial charge in [0, 0.05) is 12.1 Å². The van der Waals surface area contributed by atoms with E-state index in [9.17, 15) is 19.2 Å². The number of amides is 3. The number of hydrogen-bond donors (Lipinski definition) is 1. The Bertz CT molecular complexity index is 1300. The minimum atomic E-state index is -0.792. The molecule has 0 saturated carbocycles. The van der Waals surface area contributed by atoms with Crippen LogP contribution in [0.2, 0.25) is 0 Å². The molecular weight excluding hydrogens is 452 g/mol. The Labute approximate surface area is 201 Å². The topological polar surface area (TPSA) is 120 Å². The molecule has 180 valence electrons. The van der Waals surface area contributed by atoms with E-state index < -0.39 is 30.3 Å². The third-order valence-corrected chi connectivity index (χ3v) is 5.29. The number of aromatic nitrogens is 2. The molecule has 0 spiro atoms. The van der Waals surface area contributed by atoms with E-state index in [-0.39, 0.29) is 22.7 Å². The fraction of sp³-hybridized carbons (Fsp3) is 0.240. The van der Waals surface area contributed by atoms with Gasteiger partial charge in [-0.2, -0.15) is 5.10 Å². The maximum atomic E-state index is 13.0. The van der Waals surface area contributed by atoms with Crippen molar-refractivity contribution in [1.29, 1.82) is 0 Å². The first-order valence-electron chi connectivity index (χ1n) is 11.1. The number of benzene rings is 2. The lowest BCUT2D eigenvalue weighted by atomic mass is 10.1. The van der Waals surface area contributed by atoms with Crippen molar-refractivity contribution in [3.05, 3.63) is 71.4 Å². The predicted octanol–water partition coefficient (Wildman–Crippen LogP) is 3.46. The van der Waals surface area contributed by atoms with Crippen LogP contribution < -0.4 is 15.0 Å². The number of fused-ring (bicyclic) bond motifs is 1. The molecule has 1 aromatic heterocycles. The number of imide groups is 1. The molecule has 2 aromatic carbocycles. The Hall–Kier alpha value is -4.47. The van der Waals surface area contributed by atoms with Crippen molar-refractivity contribution in [2.45, 2.75) is 26.8 Å². The first kappa shape index (κ1) is 23.7. The quantitative estimate of drug-likeness (QED) is 0.390. The van der Waals surface area contributed by atoms with Crippen molar-refractivity contribution in [2.75, 3.05) is 23.4 Å². The second-order valence-electron chi connectivity index (χ2n) is 8.01. The summed E-state index contributed by atoms with van der Waals surface area (Å²) in [5, 5.41) is 6.76. The summed E-state index contributed by atoms with van der Waals surface area (Å²) in [5.74, 6) is -1.26. The molecule has 0 atom stereocenters. The zero-order valence-electron chi connectivity index (χ0n) is 19.5. The summed E-state index contributed by atoms with van der Waals surface area (Å²) < 4.78 is 12.1. The van der Waals surface area contributed by atoms with Gasteiger partial charge in [-0.1, -0.05) is 0 Å². The van der Waals surface area contributed by atoms with Crippen LogP contribution in [0.3, 0.4) is 0 Å². The van der Waals surface area contributed by atoms with Crippen LogP contribution in [-0.4, -0.2) is 46.7 Å². The smallest absolute Gasteiger partial charge is 0.338 e. The average molecular weight is 476 g/mol. The highest BCUT2D eigenvalue weighted by Gasteiger charge is 2.37. The molecule has 0 fully saturated rings. The van der Waals surface area contributed by atoms with Gasteiger partial charge in [-0.15, -0.1) is 0 Å². The summed E-state index contributed by atoms with van der Waals surface area (Å²) in [4.78, 5) is 51.6. The van der Waals surface area contributed by atoms with Gasteiger partial charge in [0.25, 0.3) is 17.7 Å². The van der Waals surface area contributed by atoms with Crippen LogP contribution in [0.5, 0.6) is 5.75 Å². The fourth-order valence-electron chi connectivity index (χ4n) is 3.68. The van der Waals surface area contributed by atoms with Crippen LogP contribution in [0.1, 0.15) is 57.9 Å². The summed E-state index contributed by atoms with van der Waals surface area (Å²) >= 11 is 0. The molecule has 4 rings (SSSR count). The predicted molar refractivity (Wildman–Crippen MR) is 127 cm³/mol. The molecular formula is C25H24N4O6. The lowest BCUT2D eigenvalue weighted by Gasteiger charge is -2.14. The Balaban J connectivity index is 1.43. The number of nitrogens with one attached hydrogen (secondary N) is 1. The second-order valence-corrected chi connectivity index (χ2v) is 8.01. The summed E-state index contributed by atoms with van der Waals surface area (Å²) in [6.07, 6.45) is 1.56. The maximum Gasteiger partial charge on any atom is 0.338 e. The SMILES string of the molecule is CCOc1ccc(N2C(=O)c3ccc(C(=O)OCC(=O)Nc4ccnn4C(C)C)cc3C2=O)cc1. The molecule has 2 heterocycles. The molecule has 3 amide bonds. The molecule has 1 aliphatic rings. The summed E-state index contributed by atoms with van der Waals surface area (Å²) in [6.45, 7) is 5.66.